The zero-order valence-electron chi connectivity index (χ0n) is 15.5. The molecule has 0 aliphatic rings. The van der Waals surface area contributed by atoms with Crippen molar-refractivity contribution in [2.24, 2.45) is 0 Å². The Balaban J connectivity index is 1.44. The minimum absolute atomic E-state index is 0.0467. The zero-order chi connectivity index (χ0) is 20.6. The van der Waals surface area contributed by atoms with Gasteiger partial charge in [0.2, 0.25) is 5.91 Å². The molecule has 0 unspecified atom stereocenters. The summed E-state index contributed by atoms with van der Waals surface area (Å²) in [5, 5.41) is 8.42. The molecule has 0 aliphatic carbocycles. The number of hydrogen-bond acceptors (Lipinski definition) is 4. The molecule has 3 rings (SSSR count). The Morgan fingerprint density at radius 1 is 1.10 bits per heavy atom. The lowest BCUT2D eigenvalue weighted by Crippen LogP contribution is -2.26. The van der Waals surface area contributed by atoms with Crippen LogP contribution in [0.1, 0.15) is 26.6 Å². The zero-order valence-corrected chi connectivity index (χ0v) is 17.0. The fourth-order valence-corrected chi connectivity index (χ4v) is 3.58. The van der Waals surface area contributed by atoms with E-state index >= 15 is 0 Å². The highest BCUT2D eigenvalue weighted by Crippen LogP contribution is 2.12. The number of nitrogens with one attached hydrogen (secondary N) is 2. The van der Waals surface area contributed by atoms with Gasteiger partial charge in [0, 0.05) is 16.9 Å². The van der Waals surface area contributed by atoms with Crippen molar-refractivity contribution in [3.63, 3.8) is 0 Å². The molecule has 0 atom stereocenters. The van der Waals surface area contributed by atoms with Crippen LogP contribution >= 0.6 is 22.9 Å². The number of benzene rings is 2. The van der Waals surface area contributed by atoms with Crippen molar-refractivity contribution in [1.82, 2.24) is 15.6 Å². The van der Waals surface area contributed by atoms with Gasteiger partial charge in [-0.2, -0.15) is 0 Å². The first-order valence-electron chi connectivity index (χ1n) is 8.98. The van der Waals surface area contributed by atoms with Crippen molar-refractivity contribution in [3.8, 4) is 0 Å². The molecule has 0 saturated carbocycles. The SMILES string of the molecule is O=C(Cc1ccccc1F)NCc1nc(C(=O)NCCc2cccc(Cl)c2)cs1. The van der Waals surface area contributed by atoms with E-state index in [9.17, 15) is 14.0 Å². The highest BCUT2D eigenvalue weighted by atomic mass is 35.5. The van der Waals surface area contributed by atoms with Crippen LogP contribution in [0.4, 0.5) is 4.39 Å². The van der Waals surface area contributed by atoms with Gasteiger partial charge in [0.15, 0.2) is 0 Å². The van der Waals surface area contributed by atoms with E-state index in [1.807, 2.05) is 18.2 Å². The number of carbonyl (C=O) groups is 2. The van der Waals surface area contributed by atoms with Crippen molar-refractivity contribution in [2.75, 3.05) is 6.54 Å². The predicted molar refractivity (Wildman–Crippen MR) is 112 cm³/mol. The summed E-state index contributed by atoms with van der Waals surface area (Å²) >= 11 is 7.23. The number of halogens is 2. The average Bonchev–Trinajstić information content (AvgIpc) is 3.17. The van der Waals surface area contributed by atoms with Crippen molar-refractivity contribution in [2.45, 2.75) is 19.4 Å². The number of amides is 2. The van der Waals surface area contributed by atoms with E-state index in [1.165, 1.54) is 17.4 Å². The number of thiazole rings is 1. The molecule has 0 bridgehead atoms. The van der Waals surface area contributed by atoms with E-state index < -0.39 is 5.82 Å². The van der Waals surface area contributed by atoms with E-state index in [0.717, 1.165) is 5.56 Å². The van der Waals surface area contributed by atoms with E-state index in [0.29, 0.717) is 34.3 Å². The average molecular weight is 432 g/mol. The van der Waals surface area contributed by atoms with Crippen LogP contribution in [0.2, 0.25) is 5.02 Å². The lowest BCUT2D eigenvalue weighted by molar-refractivity contribution is -0.120. The second-order valence-corrected chi connectivity index (χ2v) is 7.69. The van der Waals surface area contributed by atoms with Gasteiger partial charge in [0.05, 0.1) is 13.0 Å². The topological polar surface area (TPSA) is 71.1 Å². The van der Waals surface area contributed by atoms with Gasteiger partial charge < -0.3 is 10.6 Å². The quantitative estimate of drug-likeness (QED) is 0.570. The first-order chi connectivity index (χ1) is 14.0. The molecule has 0 saturated heterocycles. The summed E-state index contributed by atoms with van der Waals surface area (Å²) in [6.45, 7) is 0.652. The highest BCUT2D eigenvalue weighted by molar-refractivity contribution is 7.09. The Kier molecular flexibility index (Phi) is 7.32. The molecule has 150 valence electrons. The lowest BCUT2D eigenvalue weighted by atomic mass is 10.1. The first kappa shape index (κ1) is 21.0. The molecule has 2 amide bonds. The third-order valence-corrected chi connectivity index (χ3v) is 5.20. The number of hydrogen-bond donors (Lipinski definition) is 2. The van der Waals surface area contributed by atoms with Crippen LogP contribution < -0.4 is 10.6 Å². The molecule has 0 spiro atoms. The van der Waals surface area contributed by atoms with Gasteiger partial charge in [-0.1, -0.05) is 41.9 Å². The molecule has 2 aromatic carbocycles. The fourth-order valence-electron chi connectivity index (χ4n) is 2.65. The van der Waals surface area contributed by atoms with E-state index in [4.69, 9.17) is 11.6 Å². The molecular formula is C21H19ClFN3O2S. The summed E-state index contributed by atoms with van der Waals surface area (Å²) in [6.07, 6.45) is 0.615. The summed E-state index contributed by atoms with van der Waals surface area (Å²) in [7, 11) is 0. The Morgan fingerprint density at radius 2 is 1.93 bits per heavy atom. The minimum Gasteiger partial charge on any atom is -0.350 e. The third-order valence-electron chi connectivity index (χ3n) is 4.12. The highest BCUT2D eigenvalue weighted by Gasteiger charge is 2.12. The molecule has 0 radical (unpaired) electrons. The van der Waals surface area contributed by atoms with Crippen LogP contribution in [0.3, 0.4) is 0 Å². The standard InChI is InChI=1S/C21H19ClFN3O2S/c22-16-6-3-4-14(10-16)8-9-24-21(28)18-13-29-20(26-18)12-25-19(27)11-15-5-1-2-7-17(15)23/h1-7,10,13H,8-9,11-12H2,(H,24,28)(H,25,27). The van der Waals surface area contributed by atoms with Crippen LogP contribution in [0.25, 0.3) is 0 Å². The van der Waals surface area contributed by atoms with Crippen LogP contribution in [-0.2, 0) is 24.2 Å². The fraction of sp³-hybridized carbons (Fsp3) is 0.190. The monoisotopic (exact) mass is 431 g/mol. The van der Waals surface area contributed by atoms with Gasteiger partial charge in [-0.15, -0.1) is 11.3 Å². The Labute approximate surface area is 176 Å². The number of aromatic nitrogens is 1. The van der Waals surface area contributed by atoms with Crippen molar-refractivity contribution in [3.05, 3.63) is 86.6 Å². The third kappa shape index (κ3) is 6.37. The molecule has 8 heteroatoms. The molecule has 0 fully saturated rings. The van der Waals surface area contributed by atoms with Crippen molar-refractivity contribution < 1.29 is 14.0 Å². The smallest absolute Gasteiger partial charge is 0.270 e. The summed E-state index contributed by atoms with van der Waals surface area (Å²) in [5.74, 6) is -0.987. The van der Waals surface area contributed by atoms with Gasteiger partial charge in [-0.25, -0.2) is 9.37 Å². The molecule has 2 N–H and O–H groups in total. The van der Waals surface area contributed by atoms with Gasteiger partial charge >= 0.3 is 0 Å². The maximum Gasteiger partial charge on any atom is 0.270 e. The molecule has 1 aromatic heterocycles. The summed E-state index contributed by atoms with van der Waals surface area (Å²) in [4.78, 5) is 28.4. The van der Waals surface area contributed by atoms with Gasteiger partial charge in [-0.3, -0.25) is 9.59 Å². The second-order valence-electron chi connectivity index (χ2n) is 6.31. The van der Waals surface area contributed by atoms with Crippen LogP contribution in [0.15, 0.2) is 53.9 Å². The largest absolute Gasteiger partial charge is 0.350 e. The van der Waals surface area contributed by atoms with Gasteiger partial charge in [0.1, 0.15) is 16.5 Å². The predicted octanol–water partition coefficient (Wildman–Crippen LogP) is 3.77. The number of rotatable bonds is 8. The normalized spacial score (nSPS) is 10.6. The van der Waals surface area contributed by atoms with E-state index in [2.05, 4.69) is 15.6 Å². The number of carbonyl (C=O) groups excluding carboxylic acids is 2. The molecule has 29 heavy (non-hydrogen) atoms. The molecule has 1 heterocycles. The molecular weight excluding hydrogens is 413 g/mol. The summed E-state index contributed by atoms with van der Waals surface area (Å²) in [5.41, 5.74) is 1.68. The van der Waals surface area contributed by atoms with Crippen molar-refractivity contribution in [1.29, 1.82) is 0 Å². The van der Waals surface area contributed by atoms with Gasteiger partial charge in [0.25, 0.3) is 5.91 Å². The maximum atomic E-state index is 13.6. The molecule has 5 nitrogen and oxygen atoms in total. The Morgan fingerprint density at radius 3 is 2.72 bits per heavy atom. The van der Waals surface area contributed by atoms with Gasteiger partial charge in [-0.05, 0) is 35.7 Å². The lowest BCUT2D eigenvalue weighted by Gasteiger charge is -2.05. The first-order valence-corrected chi connectivity index (χ1v) is 10.2. The molecule has 3 aromatic rings. The van der Waals surface area contributed by atoms with Crippen molar-refractivity contribution >= 4 is 34.8 Å². The van der Waals surface area contributed by atoms with Crippen LogP contribution in [0.5, 0.6) is 0 Å². The second kappa shape index (κ2) is 10.1. The minimum atomic E-state index is -0.409. The maximum absolute atomic E-state index is 13.6. The van der Waals surface area contributed by atoms with E-state index in [-0.39, 0.29) is 24.8 Å². The Hall–Kier alpha value is -2.77. The Bertz CT molecular complexity index is 1010. The number of nitrogens with zero attached hydrogens (tertiary/aromatic N) is 1. The summed E-state index contributed by atoms with van der Waals surface area (Å²) < 4.78 is 13.6. The summed E-state index contributed by atoms with van der Waals surface area (Å²) in [6, 6.07) is 13.6. The van der Waals surface area contributed by atoms with Crippen LogP contribution in [-0.4, -0.2) is 23.3 Å². The molecule has 0 aliphatic heterocycles. The van der Waals surface area contributed by atoms with Crippen LogP contribution in [0, 0.1) is 5.82 Å². The van der Waals surface area contributed by atoms with E-state index in [1.54, 1.807) is 29.6 Å².